The fourth-order valence-electron chi connectivity index (χ4n) is 2.94. The Balaban J connectivity index is 1.63. The van der Waals surface area contributed by atoms with Crippen LogP contribution < -0.4 is 5.32 Å². The number of hydrogen-bond acceptors (Lipinski definition) is 4. The van der Waals surface area contributed by atoms with Crippen LogP contribution in [0.15, 0.2) is 28.8 Å². The number of amides is 2. The highest BCUT2D eigenvalue weighted by Gasteiger charge is 2.32. The van der Waals surface area contributed by atoms with Crippen molar-refractivity contribution in [3.8, 4) is 0 Å². The van der Waals surface area contributed by atoms with Crippen molar-refractivity contribution in [2.45, 2.75) is 32.0 Å². The molecule has 0 radical (unpaired) electrons. The largest absolute Gasteiger partial charge is 0.461 e. The van der Waals surface area contributed by atoms with Gasteiger partial charge in [0.15, 0.2) is 0 Å². The Bertz CT molecular complexity index is 664. The second kappa shape index (κ2) is 6.87. The number of aromatic nitrogens is 2. The normalized spacial score (nSPS) is 17.7. The van der Waals surface area contributed by atoms with Gasteiger partial charge < -0.3 is 19.4 Å². The molecule has 1 N–H and O–H groups in total. The zero-order chi connectivity index (χ0) is 16.2. The minimum absolute atomic E-state index is 0.00727. The van der Waals surface area contributed by atoms with Gasteiger partial charge in [0.05, 0.1) is 18.3 Å². The average molecular weight is 318 g/mol. The second-order valence-electron chi connectivity index (χ2n) is 5.69. The smallest absolute Gasteiger partial charge is 0.318 e. The van der Waals surface area contributed by atoms with Crippen molar-refractivity contribution in [3.63, 3.8) is 0 Å². The number of carbonyl (C=O) groups excluding carboxylic acids is 1. The standard InChI is InChI=1S/C16H22N4O3/c1-19-12(7-8-18-19)10-17-16(21)20-9-3-4-14(20)15-6-5-13(23-15)11-22-2/h5-8,14H,3-4,9-11H2,1-2H3,(H,17,21). The van der Waals surface area contributed by atoms with Gasteiger partial charge in [0.1, 0.15) is 18.1 Å². The van der Waals surface area contributed by atoms with Crippen molar-refractivity contribution in [2.24, 2.45) is 7.05 Å². The number of nitrogens with one attached hydrogen (secondary N) is 1. The first-order valence-electron chi connectivity index (χ1n) is 7.78. The molecule has 1 unspecified atom stereocenters. The molecule has 7 nitrogen and oxygen atoms in total. The Hall–Kier alpha value is -2.28. The number of nitrogens with zero attached hydrogens (tertiary/aromatic N) is 3. The number of furan rings is 1. The van der Waals surface area contributed by atoms with E-state index in [-0.39, 0.29) is 12.1 Å². The maximum Gasteiger partial charge on any atom is 0.318 e. The SMILES string of the molecule is COCc1ccc(C2CCCN2C(=O)NCc2ccnn2C)o1. The zero-order valence-corrected chi connectivity index (χ0v) is 13.5. The molecule has 2 aromatic rings. The first-order chi connectivity index (χ1) is 11.2. The fourth-order valence-corrected chi connectivity index (χ4v) is 2.94. The van der Waals surface area contributed by atoms with Crippen LogP contribution in [0.1, 0.15) is 36.1 Å². The Kier molecular flexibility index (Phi) is 4.66. The first kappa shape index (κ1) is 15.6. The summed E-state index contributed by atoms with van der Waals surface area (Å²) in [5.41, 5.74) is 0.967. The van der Waals surface area contributed by atoms with Crippen LogP contribution in [0.5, 0.6) is 0 Å². The Morgan fingerprint density at radius 3 is 3.09 bits per heavy atom. The van der Waals surface area contributed by atoms with E-state index >= 15 is 0 Å². The van der Waals surface area contributed by atoms with Crippen LogP contribution in [0.2, 0.25) is 0 Å². The van der Waals surface area contributed by atoms with Crippen molar-refractivity contribution in [1.29, 1.82) is 0 Å². The molecule has 0 aromatic carbocycles. The molecule has 2 aromatic heterocycles. The highest BCUT2D eigenvalue weighted by Crippen LogP contribution is 2.33. The van der Waals surface area contributed by atoms with Crippen LogP contribution in [0, 0.1) is 0 Å². The molecule has 1 fully saturated rings. The topological polar surface area (TPSA) is 72.5 Å². The monoisotopic (exact) mass is 318 g/mol. The molecule has 0 aliphatic carbocycles. The number of carbonyl (C=O) groups is 1. The minimum atomic E-state index is -0.0709. The lowest BCUT2D eigenvalue weighted by Gasteiger charge is -2.23. The van der Waals surface area contributed by atoms with Gasteiger partial charge in [-0.3, -0.25) is 4.68 Å². The van der Waals surface area contributed by atoms with E-state index in [1.54, 1.807) is 18.0 Å². The van der Waals surface area contributed by atoms with E-state index in [1.807, 2.05) is 30.1 Å². The van der Waals surface area contributed by atoms with Crippen LogP contribution in [0.4, 0.5) is 4.79 Å². The van der Waals surface area contributed by atoms with Crippen molar-refractivity contribution in [3.05, 3.63) is 41.6 Å². The van der Waals surface area contributed by atoms with Crippen LogP contribution in [0.25, 0.3) is 0 Å². The molecule has 1 saturated heterocycles. The summed E-state index contributed by atoms with van der Waals surface area (Å²) in [4.78, 5) is 14.3. The summed E-state index contributed by atoms with van der Waals surface area (Å²) in [7, 11) is 3.50. The molecule has 124 valence electrons. The highest BCUT2D eigenvalue weighted by atomic mass is 16.5. The first-order valence-corrected chi connectivity index (χ1v) is 7.78. The Morgan fingerprint density at radius 1 is 1.48 bits per heavy atom. The maximum absolute atomic E-state index is 12.5. The summed E-state index contributed by atoms with van der Waals surface area (Å²) in [6, 6.07) is 5.66. The van der Waals surface area contributed by atoms with E-state index in [1.165, 1.54) is 0 Å². The predicted molar refractivity (Wildman–Crippen MR) is 83.5 cm³/mol. The van der Waals surface area contributed by atoms with Gasteiger partial charge in [-0.25, -0.2) is 4.79 Å². The van der Waals surface area contributed by atoms with Gasteiger partial charge in [0.25, 0.3) is 0 Å². The number of methoxy groups -OCH3 is 1. The fraction of sp³-hybridized carbons (Fsp3) is 0.500. The third kappa shape index (κ3) is 3.39. The number of aryl methyl sites for hydroxylation is 1. The number of ether oxygens (including phenoxy) is 1. The number of rotatable bonds is 5. The average Bonchev–Trinajstić information content (AvgIpc) is 3.25. The van der Waals surface area contributed by atoms with Crippen LogP contribution in [-0.4, -0.2) is 34.4 Å². The van der Waals surface area contributed by atoms with Crippen molar-refractivity contribution < 1.29 is 13.9 Å². The van der Waals surface area contributed by atoms with E-state index in [0.717, 1.165) is 36.6 Å². The summed E-state index contributed by atoms with van der Waals surface area (Å²) in [6.07, 6.45) is 3.61. The summed E-state index contributed by atoms with van der Waals surface area (Å²) < 4.78 is 12.6. The third-order valence-corrected chi connectivity index (χ3v) is 4.15. The third-order valence-electron chi connectivity index (χ3n) is 4.15. The molecule has 1 aliphatic rings. The van der Waals surface area contributed by atoms with E-state index in [4.69, 9.17) is 9.15 Å². The van der Waals surface area contributed by atoms with Crippen molar-refractivity contribution in [1.82, 2.24) is 20.0 Å². The van der Waals surface area contributed by atoms with Gasteiger partial charge >= 0.3 is 6.03 Å². The van der Waals surface area contributed by atoms with E-state index in [0.29, 0.717) is 13.2 Å². The summed E-state index contributed by atoms with van der Waals surface area (Å²) in [5, 5.41) is 7.06. The molecule has 2 amide bonds. The van der Waals surface area contributed by atoms with E-state index in [2.05, 4.69) is 10.4 Å². The minimum Gasteiger partial charge on any atom is -0.461 e. The molecule has 0 spiro atoms. The lowest BCUT2D eigenvalue weighted by Crippen LogP contribution is -2.39. The molecule has 3 heterocycles. The number of likely N-dealkylation sites (tertiary alicyclic amines) is 1. The van der Waals surface area contributed by atoms with Gasteiger partial charge in [0, 0.05) is 26.9 Å². The van der Waals surface area contributed by atoms with Gasteiger partial charge in [0.2, 0.25) is 0 Å². The molecule has 1 aliphatic heterocycles. The summed E-state index contributed by atoms with van der Waals surface area (Å²) >= 11 is 0. The Morgan fingerprint density at radius 2 is 2.35 bits per heavy atom. The molecule has 3 rings (SSSR count). The van der Waals surface area contributed by atoms with Crippen LogP contribution in [0.3, 0.4) is 0 Å². The lowest BCUT2D eigenvalue weighted by molar-refractivity contribution is 0.156. The van der Waals surface area contributed by atoms with E-state index in [9.17, 15) is 4.79 Å². The van der Waals surface area contributed by atoms with Crippen molar-refractivity contribution >= 4 is 6.03 Å². The molecule has 1 atom stereocenters. The molecule has 0 saturated carbocycles. The maximum atomic E-state index is 12.5. The van der Waals surface area contributed by atoms with Gasteiger partial charge in [-0.05, 0) is 31.0 Å². The van der Waals surface area contributed by atoms with Gasteiger partial charge in [-0.15, -0.1) is 0 Å². The molecular weight excluding hydrogens is 296 g/mol. The molecular formula is C16H22N4O3. The molecule has 7 heteroatoms. The molecule has 23 heavy (non-hydrogen) atoms. The van der Waals surface area contributed by atoms with Crippen LogP contribution >= 0.6 is 0 Å². The highest BCUT2D eigenvalue weighted by molar-refractivity contribution is 5.75. The van der Waals surface area contributed by atoms with Crippen molar-refractivity contribution in [2.75, 3.05) is 13.7 Å². The van der Waals surface area contributed by atoms with Gasteiger partial charge in [-0.2, -0.15) is 5.10 Å². The van der Waals surface area contributed by atoms with E-state index < -0.39 is 0 Å². The second-order valence-corrected chi connectivity index (χ2v) is 5.69. The van der Waals surface area contributed by atoms with Crippen LogP contribution in [-0.2, 0) is 24.9 Å². The lowest BCUT2D eigenvalue weighted by atomic mass is 10.2. The number of hydrogen-bond donors (Lipinski definition) is 1. The molecule has 0 bridgehead atoms. The summed E-state index contributed by atoms with van der Waals surface area (Å²) in [5.74, 6) is 1.61. The number of urea groups is 1. The quantitative estimate of drug-likeness (QED) is 0.917. The Labute approximate surface area is 135 Å². The van der Waals surface area contributed by atoms with Gasteiger partial charge in [-0.1, -0.05) is 0 Å². The predicted octanol–water partition coefficient (Wildman–Crippen LogP) is 2.21. The zero-order valence-electron chi connectivity index (χ0n) is 13.5. The summed E-state index contributed by atoms with van der Waals surface area (Å²) in [6.45, 7) is 1.65.